The molecule has 14 heavy (non-hydrogen) atoms. The van der Waals surface area contributed by atoms with Crippen LogP contribution in [0, 0.1) is 5.92 Å². The van der Waals surface area contributed by atoms with Crippen molar-refractivity contribution in [2.75, 3.05) is 13.2 Å². The summed E-state index contributed by atoms with van der Waals surface area (Å²) in [7, 11) is 0. The maximum absolute atomic E-state index is 11.2. The Morgan fingerprint density at radius 2 is 2.14 bits per heavy atom. The Labute approximate surface area is 85.4 Å². The number of carbonyl (C=O) groups is 1. The Bertz CT molecular complexity index is 178. The second-order valence-electron chi connectivity index (χ2n) is 4.28. The van der Waals surface area contributed by atoms with Gasteiger partial charge in [-0.2, -0.15) is 0 Å². The highest BCUT2D eigenvalue weighted by atomic mass is 16.5. The molecule has 0 aliphatic carbocycles. The first-order chi connectivity index (χ1) is 6.37. The van der Waals surface area contributed by atoms with E-state index in [0.717, 1.165) is 6.42 Å². The molecule has 0 fully saturated rings. The highest BCUT2D eigenvalue weighted by molar-refractivity contribution is 5.70. The molecule has 0 amide bonds. The van der Waals surface area contributed by atoms with Gasteiger partial charge in [-0.05, 0) is 19.3 Å². The lowest BCUT2D eigenvalue weighted by Crippen LogP contribution is -2.37. The van der Waals surface area contributed by atoms with E-state index in [1.54, 1.807) is 0 Å². The van der Waals surface area contributed by atoms with Gasteiger partial charge in [-0.25, -0.2) is 0 Å². The lowest BCUT2D eigenvalue weighted by atomic mass is 10.0. The number of carbonyl (C=O) groups excluding carboxylic acids is 1. The van der Waals surface area contributed by atoms with Crippen LogP contribution in [0.15, 0.2) is 0 Å². The number of hydrogen-bond donors (Lipinski definition) is 2. The van der Waals surface area contributed by atoms with E-state index in [2.05, 4.69) is 13.8 Å². The largest absolute Gasteiger partial charge is 0.466 e. The Hall–Kier alpha value is -0.610. The summed E-state index contributed by atoms with van der Waals surface area (Å²) in [4.78, 5) is 11.2. The number of ether oxygens (including phenoxy) is 1. The average Bonchev–Trinajstić information content (AvgIpc) is 2.02. The Balaban J connectivity index is 3.66. The molecule has 0 radical (unpaired) electrons. The van der Waals surface area contributed by atoms with E-state index >= 15 is 0 Å². The lowest BCUT2D eigenvalue weighted by Gasteiger charge is -2.19. The number of rotatable bonds is 6. The van der Waals surface area contributed by atoms with Crippen molar-refractivity contribution in [3.05, 3.63) is 0 Å². The zero-order valence-corrected chi connectivity index (χ0v) is 9.25. The quantitative estimate of drug-likeness (QED) is 0.622. The number of nitrogens with two attached hydrogens (primary N) is 1. The second-order valence-corrected chi connectivity index (χ2v) is 4.28. The fourth-order valence-electron chi connectivity index (χ4n) is 0.843. The van der Waals surface area contributed by atoms with Crippen molar-refractivity contribution >= 4 is 5.97 Å². The molecule has 4 nitrogen and oxygen atoms in total. The van der Waals surface area contributed by atoms with Gasteiger partial charge in [-0.3, -0.25) is 4.79 Å². The van der Waals surface area contributed by atoms with Gasteiger partial charge >= 0.3 is 5.97 Å². The predicted molar refractivity (Wildman–Crippen MR) is 54.7 cm³/mol. The molecule has 0 aromatic carbocycles. The van der Waals surface area contributed by atoms with E-state index in [-0.39, 0.29) is 18.9 Å². The van der Waals surface area contributed by atoms with Gasteiger partial charge in [-0.1, -0.05) is 13.8 Å². The molecule has 0 rings (SSSR count). The third kappa shape index (κ3) is 6.86. The molecule has 3 N–H and O–H groups in total. The van der Waals surface area contributed by atoms with Crippen LogP contribution in [0.4, 0.5) is 0 Å². The topological polar surface area (TPSA) is 72.5 Å². The highest BCUT2D eigenvalue weighted by Gasteiger charge is 2.23. The Morgan fingerprint density at radius 1 is 1.57 bits per heavy atom. The van der Waals surface area contributed by atoms with Gasteiger partial charge in [0, 0.05) is 6.54 Å². The van der Waals surface area contributed by atoms with Crippen molar-refractivity contribution in [2.24, 2.45) is 11.7 Å². The van der Waals surface area contributed by atoms with Crippen molar-refractivity contribution < 1.29 is 14.6 Å². The molecule has 4 heteroatoms. The molecule has 1 unspecified atom stereocenters. The molecule has 0 aromatic rings. The van der Waals surface area contributed by atoms with Gasteiger partial charge in [0.25, 0.3) is 0 Å². The van der Waals surface area contributed by atoms with E-state index in [9.17, 15) is 9.90 Å². The van der Waals surface area contributed by atoms with Crippen molar-refractivity contribution in [1.29, 1.82) is 0 Å². The van der Waals surface area contributed by atoms with Crippen LogP contribution in [0.1, 0.15) is 33.6 Å². The maximum Gasteiger partial charge on any atom is 0.308 e. The zero-order valence-electron chi connectivity index (χ0n) is 9.25. The minimum atomic E-state index is -1.14. The van der Waals surface area contributed by atoms with Crippen molar-refractivity contribution in [1.82, 2.24) is 0 Å². The van der Waals surface area contributed by atoms with Crippen LogP contribution in [0.25, 0.3) is 0 Å². The summed E-state index contributed by atoms with van der Waals surface area (Å²) < 4.78 is 4.94. The van der Waals surface area contributed by atoms with Gasteiger partial charge in [0.15, 0.2) is 0 Å². The van der Waals surface area contributed by atoms with Crippen LogP contribution in [-0.2, 0) is 9.53 Å². The standard InChI is InChI=1S/C10H21NO3/c1-8(2)4-5-14-9(12)6-10(3,13)7-11/h8,13H,4-7,11H2,1-3H3. The molecular weight excluding hydrogens is 182 g/mol. The van der Waals surface area contributed by atoms with E-state index in [1.165, 1.54) is 6.92 Å². The fourth-order valence-corrected chi connectivity index (χ4v) is 0.843. The number of aliphatic hydroxyl groups is 1. The molecule has 0 aliphatic rings. The molecule has 0 aliphatic heterocycles. The monoisotopic (exact) mass is 203 g/mol. The van der Waals surface area contributed by atoms with Crippen LogP contribution < -0.4 is 5.73 Å². The van der Waals surface area contributed by atoms with E-state index in [1.807, 2.05) is 0 Å². The van der Waals surface area contributed by atoms with E-state index in [4.69, 9.17) is 10.5 Å². The normalized spacial score (nSPS) is 15.3. The summed E-state index contributed by atoms with van der Waals surface area (Å²) in [6.45, 7) is 6.12. The summed E-state index contributed by atoms with van der Waals surface area (Å²) >= 11 is 0. The molecule has 0 saturated carbocycles. The molecule has 0 heterocycles. The number of hydrogen-bond acceptors (Lipinski definition) is 4. The van der Waals surface area contributed by atoms with E-state index < -0.39 is 5.60 Å². The first-order valence-corrected chi connectivity index (χ1v) is 4.95. The zero-order chi connectivity index (χ0) is 11.2. The average molecular weight is 203 g/mol. The van der Waals surface area contributed by atoms with Crippen LogP contribution in [0.3, 0.4) is 0 Å². The van der Waals surface area contributed by atoms with Crippen molar-refractivity contribution in [3.63, 3.8) is 0 Å². The van der Waals surface area contributed by atoms with Crippen molar-refractivity contribution in [2.45, 2.75) is 39.2 Å². The molecule has 1 atom stereocenters. The molecular formula is C10H21NO3. The first-order valence-electron chi connectivity index (χ1n) is 4.95. The predicted octanol–water partition coefficient (Wildman–Crippen LogP) is 0.676. The van der Waals surface area contributed by atoms with Gasteiger partial charge in [0.1, 0.15) is 0 Å². The fraction of sp³-hybridized carbons (Fsp3) is 0.900. The summed E-state index contributed by atoms with van der Waals surface area (Å²) in [5, 5.41) is 9.48. The Kier molecular flexibility index (Phi) is 5.72. The molecule has 0 bridgehead atoms. The first kappa shape index (κ1) is 13.4. The van der Waals surface area contributed by atoms with Gasteiger partial charge in [0.05, 0.1) is 18.6 Å². The number of esters is 1. The minimum Gasteiger partial charge on any atom is -0.466 e. The summed E-state index contributed by atoms with van der Waals surface area (Å²) in [6, 6.07) is 0. The Morgan fingerprint density at radius 3 is 2.57 bits per heavy atom. The van der Waals surface area contributed by atoms with Crippen LogP contribution in [0.2, 0.25) is 0 Å². The smallest absolute Gasteiger partial charge is 0.308 e. The lowest BCUT2D eigenvalue weighted by molar-refractivity contribution is -0.148. The van der Waals surface area contributed by atoms with Crippen LogP contribution in [-0.4, -0.2) is 29.8 Å². The van der Waals surface area contributed by atoms with Crippen molar-refractivity contribution in [3.8, 4) is 0 Å². The minimum absolute atomic E-state index is 0.0401. The third-order valence-corrected chi connectivity index (χ3v) is 1.92. The van der Waals surface area contributed by atoms with Gasteiger partial charge in [0.2, 0.25) is 0 Å². The molecule has 0 saturated heterocycles. The SMILES string of the molecule is CC(C)CCOC(=O)CC(C)(O)CN. The summed E-state index contributed by atoms with van der Waals surface area (Å²) in [5.41, 5.74) is 4.13. The van der Waals surface area contributed by atoms with E-state index in [0.29, 0.717) is 12.5 Å². The maximum atomic E-state index is 11.2. The molecule has 0 spiro atoms. The molecule has 0 aromatic heterocycles. The highest BCUT2D eigenvalue weighted by Crippen LogP contribution is 2.08. The summed E-state index contributed by atoms with van der Waals surface area (Å²) in [5.74, 6) is 0.124. The summed E-state index contributed by atoms with van der Waals surface area (Å²) in [6.07, 6.45) is 0.804. The van der Waals surface area contributed by atoms with Crippen LogP contribution >= 0.6 is 0 Å². The second kappa shape index (κ2) is 5.98. The molecule has 84 valence electrons. The van der Waals surface area contributed by atoms with Gasteiger partial charge < -0.3 is 15.6 Å². The van der Waals surface area contributed by atoms with Crippen LogP contribution in [0.5, 0.6) is 0 Å². The van der Waals surface area contributed by atoms with Gasteiger partial charge in [-0.15, -0.1) is 0 Å². The third-order valence-electron chi connectivity index (χ3n) is 1.92.